The smallest absolute Gasteiger partial charge is 0.244 e. The highest BCUT2D eigenvalue weighted by Gasteiger charge is 2.31. The normalized spacial score (nSPS) is 22.0. The largest absolute Gasteiger partial charge is 0.307 e. The Morgan fingerprint density at radius 3 is 2.81 bits per heavy atom. The number of hydrogen-bond acceptors (Lipinski definition) is 5. The van der Waals surface area contributed by atoms with Crippen molar-refractivity contribution in [2.45, 2.75) is 50.5 Å². The minimum absolute atomic E-state index is 0.0524. The molecular weight excluding hydrogens is 356 g/mol. The van der Waals surface area contributed by atoms with Gasteiger partial charge in [0.1, 0.15) is 4.90 Å². The summed E-state index contributed by atoms with van der Waals surface area (Å²) in [5.74, 6) is 5.49. The van der Waals surface area contributed by atoms with E-state index in [2.05, 4.69) is 44.9 Å². The highest BCUT2D eigenvalue weighted by Crippen LogP contribution is 2.36. The van der Waals surface area contributed by atoms with E-state index < -0.39 is 10.0 Å². The van der Waals surface area contributed by atoms with Crippen LogP contribution < -0.4 is 16.0 Å². The van der Waals surface area contributed by atoms with Gasteiger partial charge in [0, 0.05) is 16.7 Å². The third-order valence-electron chi connectivity index (χ3n) is 3.77. The quantitative estimate of drug-likeness (QED) is 0.553. The lowest BCUT2D eigenvalue weighted by Gasteiger charge is -2.35. The molecule has 1 unspecified atom stereocenters. The Balaban J connectivity index is 2.24. The maximum Gasteiger partial charge on any atom is 0.244 e. The standard InChI is InChI=1S/C13H21BrN4O2S/c1-13(2)5-3-4-10(7-13)18-21(19,20)11-6-9(14)8-16-12(11)17-15/h6,8,10,18H,3-5,7,15H2,1-2H3,(H,16,17). The van der Waals surface area contributed by atoms with E-state index in [1.54, 1.807) is 0 Å². The second-order valence-electron chi connectivity index (χ2n) is 6.22. The minimum Gasteiger partial charge on any atom is -0.307 e. The second-order valence-corrected chi connectivity index (χ2v) is 8.82. The van der Waals surface area contributed by atoms with Gasteiger partial charge in [-0.05, 0) is 46.7 Å². The number of rotatable bonds is 4. The van der Waals surface area contributed by atoms with Gasteiger partial charge in [0.15, 0.2) is 5.82 Å². The maximum atomic E-state index is 12.6. The molecule has 118 valence electrons. The Bertz CT molecular complexity index is 619. The summed E-state index contributed by atoms with van der Waals surface area (Å²) in [5.41, 5.74) is 2.49. The number of hydrogen-bond donors (Lipinski definition) is 3. The summed E-state index contributed by atoms with van der Waals surface area (Å²) in [6, 6.07) is 1.45. The number of nitrogens with one attached hydrogen (secondary N) is 2. The third-order valence-corrected chi connectivity index (χ3v) is 5.74. The van der Waals surface area contributed by atoms with Gasteiger partial charge in [0.2, 0.25) is 10.0 Å². The molecule has 1 saturated carbocycles. The summed E-state index contributed by atoms with van der Waals surface area (Å²) in [5, 5.41) is 0. The van der Waals surface area contributed by atoms with Crippen molar-refractivity contribution in [1.29, 1.82) is 0 Å². The number of aromatic nitrogens is 1. The van der Waals surface area contributed by atoms with Crippen molar-refractivity contribution in [3.05, 3.63) is 16.7 Å². The average Bonchev–Trinajstić information content (AvgIpc) is 2.37. The third kappa shape index (κ3) is 4.15. The van der Waals surface area contributed by atoms with E-state index in [9.17, 15) is 8.42 Å². The molecule has 1 aliphatic carbocycles. The Morgan fingerprint density at radius 1 is 1.48 bits per heavy atom. The van der Waals surface area contributed by atoms with E-state index in [1.165, 1.54) is 12.3 Å². The SMILES string of the molecule is CC1(C)CCCC(NS(=O)(=O)c2cc(Br)cnc2NN)C1. The molecule has 8 heteroatoms. The van der Waals surface area contributed by atoms with Gasteiger partial charge in [-0.3, -0.25) is 0 Å². The van der Waals surface area contributed by atoms with Gasteiger partial charge in [-0.2, -0.15) is 0 Å². The minimum atomic E-state index is -3.66. The molecule has 1 fully saturated rings. The molecular formula is C13H21BrN4O2S. The van der Waals surface area contributed by atoms with Gasteiger partial charge >= 0.3 is 0 Å². The molecule has 0 amide bonds. The van der Waals surface area contributed by atoms with Gasteiger partial charge < -0.3 is 5.43 Å². The van der Waals surface area contributed by atoms with Crippen molar-refractivity contribution in [3.8, 4) is 0 Å². The topological polar surface area (TPSA) is 97.1 Å². The van der Waals surface area contributed by atoms with E-state index in [4.69, 9.17) is 5.84 Å². The number of nitrogens with two attached hydrogens (primary N) is 1. The zero-order chi connectivity index (χ0) is 15.7. The highest BCUT2D eigenvalue weighted by atomic mass is 79.9. The van der Waals surface area contributed by atoms with Gasteiger partial charge in [-0.25, -0.2) is 24.0 Å². The Morgan fingerprint density at radius 2 is 2.19 bits per heavy atom. The molecule has 21 heavy (non-hydrogen) atoms. The predicted molar refractivity (Wildman–Crippen MR) is 86.1 cm³/mol. The average molecular weight is 377 g/mol. The van der Waals surface area contributed by atoms with Crippen LogP contribution >= 0.6 is 15.9 Å². The molecule has 0 spiro atoms. The lowest BCUT2D eigenvalue weighted by Crippen LogP contribution is -2.40. The van der Waals surface area contributed by atoms with E-state index in [0.29, 0.717) is 4.47 Å². The number of hydrazine groups is 1. The zero-order valence-corrected chi connectivity index (χ0v) is 14.6. The van der Waals surface area contributed by atoms with Crippen molar-refractivity contribution in [2.75, 3.05) is 5.43 Å². The summed E-state index contributed by atoms with van der Waals surface area (Å²) in [7, 11) is -3.66. The summed E-state index contributed by atoms with van der Waals surface area (Å²) in [6.07, 6.45) is 5.34. The van der Waals surface area contributed by atoms with Crippen LogP contribution in [-0.4, -0.2) is 19.4 Å². The van der Waals surface area contributed by atoms with Crippen LogP contribution in [0.25, 0.3) is 0 Å². The van der Waals surface area contributed by atoms with Crippen LogP contribution in [0.5, 0.6) is 0 Å². The molecule has 4 N–H and O–H groups in total. The van der Waals surface area contributed by atoms with E-state index in [0.717, 1.165) is 25.7 Å². The molecule has 0 bridgehead atoms. The number of halogens is 1. The summed E-state index contributed by atoms with van der Waals surface area (Å²) in [4.78, 5) is 4.04. The molecule has 1 heterocycles. The lowest BCUT2D eigenvalue weighted by atomic mass is 9.75. The highest BCUT2D eigenvalue weighted by molar-refractivity contribution is 9.10. The number of nitrogen functional groups attached to an aromatic ring is 1. The molecule has 1 aromatic rings. The molecule has 1 aromatic heterocycles. The maximum absolute atomic E-state index is 12.6. The van der Waals surface area contributed by atoms with Gasteiger partial charge in [-0.1, -0.05) is 20.3 Å². The van der Waals surface area contributed by atoms with E-state index in [1.807, 2.05) is 0 Å². The zero-order valence-electron chi connectivity index (χ0n) is 12.2. The second kappa shape index (κ2) is 6.20. The number of nitrogens with zero attached hydrogens (tertiary/aromatic N) is 1. The number of sulfonamides is 1. The number of pyridine rings is 1. The van der Waals surface area contributed by atoms with E-state index >= 15 is 0 Å². The summed E-state index contributed by atoms with van der Waals surface area (Å²) < 4.78 is 28.5. The first kappa shape index (κ1) is 16.7. The van der Waals surface area contributed by atoms with Crippen molar-refractivity contribution < 1.29 is 8.42 Å². The molecule has 2 rings (SSSR count). The molecule has 6 nitrogen and oxygen atoms in total. The van der Waals surface area contributed by atoms with Crippen molar-refractivity contribution in [1.82, 2.24) is 9.71 Å². The molecule has 1 atom stereocenters. The molecule has 0 aliphatic heterocycles. The molecule has 0 saturated heterocycles. The van der Waals surface area contributed by atoms with Crippen LogP contribution in [0.3, 0.4) is 0 Å². The summed E-state index contributed by atoms with van der Waals surface area (Å²) >= 11 is 3.24. The fourth-order valence-electron chi connectivity index (χ4n) is 2.82. The van der Waals surface area contributed by atoms with E-state index in [-0.39, 0.29) is 22.2 Å². The molecule has 0 aromatic carbocycles. The van der Waals surface area contributed by atoms with Crippen molar-refractivity contribution in [2.24, 2.45) is 11.3 Å². The van der Waals surface area contributed by atoms with Crippen LogP contribution in [0.2, 0.25) is 0 Å². The number of anilines is 1. The van der Waals surface area contributed by atoms with Crippen LogP contribution in [0, 0.1) is 5.41 Å². The monoisotopic (exact) mass is 376 g/mol. The first-order valence-electron chi connectivity index (χ1n) is 6.88. The van der Waals surface area contributed by atoms with Crippen molar-refractivity contribution >= 4 is 31.8 Å². The van der Waals surface area contributed by atoms with Gasteiger partial charge in [0.05, 0.1) is 0 Å². The Kier molecular flexibility index (Phi) is 4.92. The molecule has 1 aliphatic rings. The Hall–Kier alpha value is -0.700. The summed E-state index contributed by atoms with van der Waals surface area (Å²) in [6.45, 7) is 4.34. The van der Waals surface area contributed by atoms with Crippen LogP contribution in [0.1, 0.15) is 39.5 Å². The van der Waals surface area contributed by atoms with Crippen LogP contribution in [0.4, 0.5) is 5.82 Å². The first-order chi connectivity index (χ1) is 9.73. The van der Waals surface area contributed by atoms with Gasteiger partial charge in [0.25, 0.3) is 0 Å². The fourth-order valence-corrected chi connectivity index (χ4v) is 4.71. The fraction of sp³-hybridized carbons (Fsp3) is 0.615. The van der Waals surface area contributed by atoms with Crippen LogP contribution in [-0.2, 0) is 10.0 Å². The lowest BCUT2D eigenvalue weighted by molar-refractivity contribution is 0.212. The first-order valence-corrected chi connectivity index (χ1v) is 9.16. The predicted octanol–water partition coefficient (Wildman–Crippen LogP) is 2.38. The van der Waals surface area contributed by atoms with Crippen molar-refractivity contribution in [3.63, 3.8) is 0 Å². The van der Waals surface area contributed by atoms with Gasteiger partial charge in [-0.15, -0.1) is 0 Å². The van der Waals surface area contributed by atoms with Crippen LogP contribution in [0.15, 0.2) is 21.6 Å². The molecule has 0 radical (unpaired) electrons. The Labute approximate surface area is 134 Å².